The summed E-state index contributed by atoms with van der Waals surface area (Å²) in [6.07, 6.45) is 1.84. The first-order valence-electron chi connectivity index (χ1n) is 6.90. The molecule has 1 aromatic rings. The minimum Gasteiger partial charge on any atom is -0.379 e. The van der Waals surface area contributed by atoms with Gasteiger partial charge in [0, 0.05) is 12.6 Å². The number of hydrogen-bond acceptors (Lipinski definition) is 4. The van der Waals surface area contributed by atoms with Crippen LogP contribution < -0.4 is 5.32 Å². The van der Waals surface area contributed by atoms with Crippen LogP contribution in [0.3, 0.4) is 0 Å². The molecule has 0 amide bonds. The third kappa shape index (κ3) is 5.47. The maximum Gasteiger partial charge on any atom is 0.295 e. The minimum absolute atomic E-state index is 0.123. The Balaban J connectivity index is 2.52. The number of nitrogens with zero attached hydrogens (tertiary/aromatic N) is 2. The number of nitrogens with one attached hydrogen (secondary N) is 1. The molecule has 0 spiro atoms. The second-order valence-electron chi connectivity index (χ2n) is 5.25. The Morgan fingerprint density at radius 1 is 1.43 bits per heavy atom. The summed E-state index contributed by atoms with van der Waals surface area (Å²) in [5.74, 6) is -0.785. The lowest BCUT2D eigenvalue weighted by molar-refractivity contribution is -0.384. The zero-order chi connectivity index (χ0) is 16.0. The van der Waals surface area contributed by atoms with E-state index >= 15 is 0 Å². The number of nitro groups is 1. The smallest absolute Gasteiger partial charge is 0.295 e. The average molecular weight is 318 g/mol. The van der Waals surface area contributed by atoms with Crippen LogP contribution in [0, 0.1) is 15.9 Å². The molecule has 0 aliphatic heterocycles. The molecular weight excluding hydrogens is 297 g/mol. The number of hydrogen-bond donors (Lipinski definition) is 1. The van der Waals surface area contributed by atoms with Gasteiger partial charge in [-0.05, 0) is 46.3 Å². The second-order valence-corrected chi connectivity index (χ2v) is 5.66. The van der Waals surface area contributed by atoms with Crippen LogP contribution in [-0.4, -0.2) is 36.0 Å². The van der Waals surface area contributed by atoms with Crippen LogP contribution in [0.2, 0.25) is 5.02 Å². The molecule has 0 heterocycles. The van der Waals surface area contributed by atoms with Crippen molar-refractivity contribution in [2.75, 3.05) is 25.5 Å². The van der Waals surface area contributed by atoms with Crippen molar-refractivity contribution in [2.24, 2.45) is 0 Å². The molecule has 7 heteroatoms. The molecule has 1 aromatic carbocycles. The summed E-state index contributed by atoms with van der Waals surface area (Å²) in [6, 6.07) is 2.60. The Morgan fingerprint density at radius 2 is 2.10 bits per heavy atom. The van der Waals surface area contributed by atoms with E-state index in [1.807, 2.05) is 0 Å². The fourth-order valence-electron chi connectivity index (χ4n) is 1.80. The maximum atomic E-state index is 13.3. The van der Waals surface area contributed by atoms with E-state index in [4.69, 9.17) is 11.6 Å². The highest BCUT2D eigenvalue weighted by molar-refractivity contribution is 6.31. The van der Waals surface area contributed by atoms with Crippen molar-refractivity contribution >= 4 is 23.0 Å². The van der Waals surface area contributed by atoms with Gasteiger partial charge in [-0.15, -0.1) is 0 Å². The minimum atomic E-state index is -0.785. The molecule has 0 saturated heterocycles. The standard InChI is InChI=1S/C14H21ClFN3O2/c1-10(2)18(3)7-5-4-6-17-13-8-11(15)12(16)9-14(13)19(20)21/h8-10,17H,4-7H2,1-3H3. The third-order valence-electron chi connectivity index (χ3n) is 3.37. The van der Waals surface area contributed by atoms with Crippen LogP contribution >= 0.6 is 11.6 Å². The first-order valence-corrected chi connectivity index (χ1v) is 7.28. The largest absolute Gasteiger partial charge is 0.379 e. The van der Waals surface area contributed by atoms with Crippen LogP contribution in [0.5, 0.6) is 0 Å². The van der Waals surface area contributed by atoms with Crippen molar-refractivity contribution in [1.82, 2.24) is 4.90 Å². The van der Waals surface area contributed by atoms with Crippen molar-refractivity contribution in [3.8, 4) is 0 Å². The molecule has 0 aliphatic carbocycles. The highest BCUT2D eigenvalue weighted by Crippen LogP contribution is 2.30. The van der Waals surface area contributed by atoms with Gasteiger partial charge < -0.3 is 10.2 Å². The summed E-state index contributed by atoms with van der Waals surface area (Å²) in [6.45, 7) is 5.80. The molecule has 1 N–H and O–H groups in total. The van der Waals surface area contributed by atoms with Gasteiger partial charge in [-0.3, -0.25) is 10.1 Å². The van der Waals surface area contributed by atoms with Gasteiger partial charge in [-0.1, -0.05) is 11.6 Å². The Hall–Kier alpha value is -1.40. The van der Waals surface area contributed by atoms with Gasteiger partial charge in [0.2, 0.25) is 0 Å². The zero-order valence-electron chi connectivity index (χ0n) is 12.5. The molecule has 0 saturated carbocycles. The molecule has 0 aliphatic rings. The predicted octanol–water partition coefficient (Wildman–Crippen LogP) is 3.92. The quantitative estimate of drug-likeness (QED) is 0.448. The summed E-state index contributed by atoms with van der Waals surface area (Å²) in [7, 11) is 2.06. The Bertz CT molecular complexity index is 497. The molecular formula is C14H21ClFN3O2. The Labute approximate surface area is 129 Å². The van der Waals surface area contributed by atoms with Crippen LogP contribution in [-0.2, 0) is 0 Å². The van der Waals surface area contributed by atoms with Crippen LogP contribution in [0.15, 0.2) is 12.1 Å². The van der Waals surface area contributed by atoms with Gasteiger partial charge in [-0.2, -0.15) is 0 Å². The lowest BCUT2D eigenvalue weighted by atomic mass is 10.2. The van der Waals surface area contributed by atoms with Gasteiger partial charge in [0.05, 0.1) is 16.0 Å². The fourth-order valence-corrected chi connectivity index (χ4v) is 1.96. The van der Waals surface area contributed by atoms with Gasteiger partial charge in [0.25, 0.3) is 5.69 Å². The second kappa shape index (κ2) is 8.14. The average Bonchev–Trinajstić information content (AvgIpc) is 2.41. The summed E-state index contributed by atoms with van der Waals surface area (Å²) >= 11 is 5.66. The van der Waals surface area contributed by atoms with E-state index in [1.165, 1.54) is 6.07 Å². The normalized spacial score (nSPS) is 11.2. The predicted molar refractivity (Wildman–Crippen MR) is 83.6 cm³/mol. The van der Waals surface area contributed by atoms with Gasteiger partial charge in [-0.25, -0.2) is 4.39 Å². The van der Waals surface area contributed by atoms with Crippen molar-refractivity contribution in [2.45, 2.75) is 32.7 Å². The van der Waals surface area contributed by atoms with Crippen molar-refractivity contribution < 1.29 is 9.31 Å². The number of halogens is 2. The van der Waals surface area contributed by atoms with Crippen LogP contribution in [0.4, 0.5) is 15.8 Å². The summed E-state index contributed by atoms with van der Waals surface area (Å²) in [5, 5.41) is 13.7. The molecule has 0 bridgehead atoms. The lowest BCUT2D eigenvalue weighted by Crippen LogP contribution is -2.27. The van der Waals surface area contributed by atoms with Crippen molar-refractivity contribution in [1.29, 1.82) is 0 Å². The third-order valence-corrected chi connectivity index (χ3v) is 3.66. The summed E-state index contributed by atoms with van der Waals surface area (Å²) < 4.78 is 13.3. The van der Waals surface area contributed by atoms with E-state index in [0.29, 0.717) is 12.6 Å². The lowest BCUT2D eigenvalue weighted by Gasteiger charge is -2.20. The van der Waals surface area contributed by atoms with Gasteiger partial charge in [0.15, 0.2) is 0 Å². The van der Waals surface area contributed by atoms with Crippen LogP contribution in [0.25, 0.3) is 0 Å². The topological polar surface area (TPSA) is 58.4 Å². The number of unbranched alkanes of at least 4 members (excludes halogenated alkanes) is 1. The van der Waals surface area contributed by atoms with Crippen LogP contribution in [0.1, 0.15) is 26.7 Å². The monoisotopic (exact) mass is 317 g/mol. The Morgan fingerprint density at radius 3 is 2.67 bits per heavy atom. The van der Waals surface area contributed by atoms with Gasteiger partial charge >= 0.3 is 0 Å². The molecule has 0 fully saturated rings. The van der Waals surface area contributed by atoms with Crippen molar-refractivity contribution in [3.05, 3.63) is 33.1 Å². The van der Waals surface area contributed by atoms with E-state index in [-0.39, 0.29) is 16.4 Å². The van der Waals surface area contributed by atoms with E-state index in [0.717, 1.165) is 25.5 Å². The number of benzene rings is 1. The zero-order valence-corrected chi connectivity index (χ0v) is 13.3. The highest BCUT2D eigenvalue weighted by atomic mass is 35.5. The first-order chi connectivity index (χ1) is 9.82. The van der Waals surface area contributed by atoms with Crippen molar-refractivity contribution in [3.63, 3.8) is 0 Å². The maximum absolute atomic E-state index is 13.3. The fraction of sp³-hybridized carbons (Fsp3) is 0.571. The molecule has 1 rings (SSSR count). The molecule has 0 radical (unpaired) electrons. The Kier molecular flexibility index (Phi) is 6.84. The summed E-state index contributed by atoms with van der Waals surface area (Å²) in [4.78, 5) is 12.5. The number of anilines is 1. The van der Waals surface area contributed by atoms with E-state index in [9.17, 15) is 14.5 Å². The SMILES string of the molecule is CC(C)N(C)CCCCNc1cc(Cl)c(F)cc1[N+](=O)[O-]. The first kappa shape index (κ1) is 17.7. The van der Waals surface area contributed by atoms with E-state index in [1.54, 1.807) is 0 Å². The van der Waals surface area contributed by atoms with E-state index in [2.05, 4.69) is 31.1 Å². The molecule has 0 unspecified atom stereocenters. The molecule has 21 heavy (non-hydrogen) atoms. The van der Waals surface area contributed by atoms with E-state index < -0.39 is 10.7 Å². The molecule has 118 valence electrons. The highest BCUT2D eigenvalue weighted by Gasteiger charge is 2.17. The summed E-state index contributed by atoms with van der Waals surface area (Å²) in [5.41, 5.74) is -0.0418. The molecule has 0 aromatic heterocycles. The molecule has 0 atom stereocenters. The number of rotatable bonds is 8. The number of nitro benzene ring substituents is 1. The molecule has 5 nitrogen and oxygen atoms in total. The van der Waals surface area contributed by atoms with Gasteiger partial charge in [0.1, 0.15) is 11.5 Å².